The molecule has 0 unspecified atom stereocenters. The lowest BCUT2D eigenvalue weighted by molar-refractivity contribution is -0.137. The van der Waals surface area contributed by atoms with Crippen LogP contribution in [0.25, 0.3) is 111 Å². The minimum Gasteiger partial charge on any atom is -0.455 e. The molecule has 9 aromatic carbocycles. The Balaban J connectivity index is 1.21. The van der Waals surface area contributed by atoms with Gasteiger partial charge in [-0.25, -0.2) is 0 Å². The van der Waals surface area contributed by atoms with Gasteiger partial charge in [0, 0.05) is 21.9 Å². The molecule has 0 aliphatic heterocycles. The van der Waals surface area contributed by atoms with Crippen LogP contribution in [-0.4, -0.2) is 0 Å². The second-order valence-electron chi connectivity index (χ2n) is 15.1. The smallest absolute Gasteiger partial charge is 0.416 e. The topological polar surface area (TPSA) is 13.1 Å². The molecule has 10 rings (SSSR count). The van der Waals surface area contributed by atoms with Crippen LogP contribution in [0.5, 0.6) is 0 Å². The third-order valence-electron chi connectivity index (χ3n) is 11.7. The lowest BCUT2D eigenvalue weighted by Crippen LogP contribution is -2.04. The molecule has 0 radical (unpaired) electrons. The predicted octanol–water partition coefficient (Wildman–Crippen LogP) is 16.7. The summed E-state index contributed by atoms with van der Waals surface area (Å²) in [6, 6.07) is 52.4. The van der Waals surface area contributed by atoms with Crippen LogP contribution in [0.2, 0.25) is 0 Å². The summed E-state index contributed by atoms with van der Waals surface area (Å²) in [7, 11) is 0. The van der Waals surface area contributed by atoms with Crippen molar-refractivity contribution in [1.29, 1.82) is 0 Å². The standard InChI is InChI=1S/C55H37F3O/c1-4-13-39-38(5-2)50(35-26-29-37(30-27-35)55(56,57)58)44-18-10-11-19-45(44)53(39)47-21-12-20-46-48-32-36(28-31-49(48)59-54(46)47)52-42-16-8-6-14-40(42)51(34-24-22-33(3)23-25-34)41-15-7-9-17-43(41)52/h4-32H,2H2,1,3H3/b13-4-. The Labute approximate surface area is 340 Å². The van der Waals surface area contributed by atoms with E-state index in [1.54, 1.807) is 12.1 Å². The van der Waals surface area contributed by atoms with Gasteiger partial charge in [-0.2, -0.15) is 13.2 Å². The molecule has 0 aliphatic rings. The summed E-state index contributed by atoms with van der Waals surface area (Å²) < 4.78 is 47.7. The summed E-state index contributed by atoms with van der Waals surface area (Å²) in [6.45, 7) is 8.31. The molecule has 284 valence electrons. The molecule has 0 saturated heterocycles. The van der Waals surface area contributed by atoms with Crippen LogP contribution in [0.4, 0.5) is 13.2 Å². The Bertz CT molecular complexity index is 3270. The van der Waals surface area contributed by atoms with Crippen molar-refractivity contribution >= 4 is 66.4 Å². The number of fused-ring (bicyclic) bond motifs is 6. The van der Waals surface area contributed by atoms with E-state index in [1.165, 1.54) is 43.8 Å². The summed E-state index contributed by atoms with van der Waals surface area (Å²) in [6.07, 6.45) is 1.42. The van der Waals surface area contributed by atoms with E-state index in [0.717, 1.165) is 78.2 Å². The molecule has 0 N–H and O–H groups in total. The first-order valence-corrected chi connectivity index (χ1v) is 19.7. The molecule has 10 aromatic rings. The van der Waals surface area contributed by atoms with Crippen LogP contribution < -0.4 is 0 Å². The van der Waals surface area contributed by atoms with Crippen molar-refractivity contribution in [3.63, 3.8) is 0 Å². The zero-order valence-electron chi connectivity index (χ0n) is 32.5. The Kier molecular flexibility index (Phi) is 8.61. The Hall–Kier alpha value is -7.17. The number of hydrogen-bond acceptors (Lipinski definition) is 1. The van der Waals surface area contributed by atoms with E-state index in [0.29, 0.717) is 5.56 Å². The summed E-state index contributed by atoms with van der Waals surface area (Å²) in [5, 5.41) is 8.64. The molecule has 0 fully saturated rings. The number of allylic oxidation sites excluding steroid dienone is 1. The molecule has 1 nitrogen and oxygen atoms in total. The fourth-order valence-corrected chi connectivity index (χ4v) is 9.08. The molecule has 1 aromatic heterocycles. The maximum atomic E-state index is 13.6. The highest BCUT2D eigenvalue weighted by Crippen LogP contribution is 2.48. The SMILES string of the molecule is C=Cc1c(/C=C\C)c(-c2cccc3c2oc2ccc(-c4c5ccccc5c(-c5ccc(C)cc5)c5ccccc45)cc23)c2ccccc2c1-c1ccc(C(F)(F)F)cc1. The fraction of sp³-hybridized carbons (Fsp3) is 0.0545. The van der Waals surface area contributed by atoms with Gasteiger partial charge in [0.1, 0.15) is 11.2 Å². The maximum Gasteiger partial charge on any atom is 0.416 e. The summed E-state index contributed by atoms with van der Waals surface area (Å²) in [4.78, 5) is 0. The number of aryl methyl sites for hydroxylation is 1. The van der Waals surface area contributed by atoms with Gasteiger partial charge in [-0.3, -0.25) is 0 Å². The number of benzene rings is 9. The molecule has 59 heavy (non-hydrogen) atoms. The van der Waals surface area contributed by atoms with Crippen molar-refractivity contribution in [3.05, 3.63) is 193 Å². The van der Waals surface area contributed by atoms with E-state index in [9.17, 15) is 13.2 Å². The zero-order valence-corrected chi connectivity index (χ0v) is 32.5. The van der Waals surface area contributed by atoms with Gasteiger partial charge in [-0.05, 0) is 115 Å². The lowest BCUT2D eigenvalue weighted by Gasteiger charge is -2.20. The van der Waals surface area contributed by atoms with Crippen molar-refractivity contribution in [2.45, 2.75) is 20.0 Å². The molecule has 0 saturated carbocycles. The van der Waals surface area contributed by atoms with Gasteiger partial charge in [0.25, 0.3) is 0 Å². The fourth-order valence-electron chi connectivity index (χ4n) is 9.08. The van der Waals surface area contributed by atoms with Crippen molar-refractivity contribution in [1.82, 2.24) is 0 Å². The normalized spacial score (nSPS) is 12.2. The van der Waals surface area contributed by atoms with Crippen LogP contribution in [-0.2, 0) is 6.18 Å². The average Bonchev–Trinajstić information content (AvgIpc) is 3.64. The number of alkyl halides is 3. The highest BCUT2D eigenvalue weighted by molar-refractivity contribution is 6.23. The monoisotopic (exact) mass is 770 g/mol. The third kappa shape index (κ3) is 5.86. The van der Waals surface area contributed by atoms with Crippen LogP contribution in [0.3, 0.4) is 0 Å². The van der Waals surface area contributed by atoms with Gasteiger partial charge in [-0.15, -0.1) is 0 Å². The average molecular weight is 771 g/mol. The number of hydrogen-bond donors (Lipinski definition) is 0. The van der Waals surface area contributed by atoms with Gasteiger partial charge < -0.3 is 4.42 Å². The quantitative estimate of drug-likeness (QED) is 0.154. The first-order chi connectivity index (χ1) is 28.7. The van der Waals surface area contributed by atoms with Crippen LogP contribution in [0, 0.1) is 6.92 Å². The third-order valence-corrected chi connectivity index (χ3v) is 11.7. The summed E-state index contributed by atoms with van der Waals surface area (Å²) in [5.41, 5.74) is 11.9. The molecule has 4 heteroatoms. The first kappa shape index (κ1) is 36.2. The van der Waals surface area contributed by atoms with Gasteiger partial charge in [0.2, 0.25) is 0 Å². The largest absolute Gasteiger partial charge is 0.455 e. The second kappa shape index (κ2) is 14.0. The minimum absolute atomic E-state index is 0.683. The molecule has 0 amide bonds. The number of halogens is 3. The van der Waals surface area contributed by atoms with E-state index >= 15 is 0 Å². The summed E-state index contributed by atoms with van der Waals surface area (Å²) >= 11 is 0. The Morgan fingerprint density at radius 1 is 0.492 bits per heavy atom. The highest BCUT2D eigenvalue weighted by Gasteiger charge is 2.30. The lowest BCUT2D eigenvalue weighted by atomic mass is 9.83. The van der Waals surface area contributed by atoms with Crippen molar-refractivity contribution in [2.75, 3.05) is 0 Å². The Morgan fingerprint density at radius 3 is 1.54 bits per heavy atom. The van der Waals surface area contributed by atoms with E-state index in [2.05, 4.69) is 135 Å². The van der Waals surface area contributed by atoms with E-state index < -0.39 is 11.7 Å². The number of furan rings is 1. The van der Waals surface area contributed by atoms with E-state index in [1.807, 2.05) is 37.3 Å². The molecule has 0 atom stereocenters. The van der Waals surface area contributed by atoms with Crippen molar-refractivity contribution < 1.29 is 17.6 Å². The maximum absolute atomic E-state index is 13.6. The van der Waals surface area contributed by atoms with E-state index in [4.69, 9.17) is 4.42 Å². The zero-order chi connectivity index (χ0) is 40.4. The highest BCUT2D eigenvalue weighted by atomic mass is 19.4. The van der Waals surface area contributed by atoms with Crippen molar-refractivity contribution in [2.24, 2.45) is 0 Å². The summed E-state index contributed by atoms with van der Waals surface area (Å²) in [5.74, 6) is 0. The Morgan fingerprint density at radius 2 is 0.983 bits per heavy atom. The van der Waals surface area contributed by atoms with Gasteiger partial charge >= 0.3 is 6.18 Å². The minimum atomic E-state index is -4.43. The number of rotatable bonds is 6. The second-order valence-corrected chi connectivity index (χ2v) is 15.1. The molecule has 1 heterocycles. The van der Waals surface area contributed by atoms with Gasteiger partial charge in [-0.1, -0.05) is 164 Å². The van der Waals surface area contributed by atoms with Crippen molar-refractivity contribution in [3.8, 4) is 44.5 Å². The molecule has 0 spiro atoms. The number of para-hydroxylation sites is 1. The molecule has 0 bridgehead atoms. The first-order valence-electron chi connectivity index (χ1n) is 19.7. The van der Waals surface area contributed by atoms with Crippen LogP contribution in [0.1, 0.15) is 29.2 Å². The predicted molar refractivity (Wildman–Crippen MR) is 243 cm³/mol. The molecule has 0 aliphatic carbocycles. The van der Waals surface area contributed by atoms with Crippen LogP contribution >= 0.6 is 0 Å². The van der Waals surface area contributed by atoms with Crippen LogP contribution in [0.15, 0.2) is 175 Å². The van der Waals surface area contributed by atoms with Gasteiger partial charge in [0.05, 0.1) is 5.56 Å². The van der Waals surface area contributed by atoms with Gasteiger partial charge in [0.15, 0.2) is 0 Å². The molecular formula is C55H37F3O. The molecular weight excluding hydrogens is 734 g/mol. The van der Waals surface area contributed by atoms with E-state index in [-0.39, 0.29) is 0 Å².